The van der Waals surface area contributed by atoms with Crippen LogP contribution in [-0.2, 0) is 4.74 Å². The Morgan fingerprint density at radius 1 is 1.11 bits per heavy atom. The molecule has 0 aromatic carbocycles. The maximum atomic E-state index is 11.8. The van der Waals surface area contributed by atoms with Gasteiger partial charge in [-0.2, -0.15) is 13.2 Å². The number of nitrogens with one attached hydrogen (secondary N) is 1. The molecule has 0 radical (unpaired) electrons. The van der Waals surface area contributed by atoms with Crippen LogP contribution in [-0.4, -0.2) is 56.5 Å². The fraction of sp³-hybridized carbons (Fsp3) is 1.00. The molecule has 0 bridgehead atoms. The summed E-state index contributed by atoms with van der Waals surface area (Å²) >= 11 is 0. The van der Waals surface area contributed by atoms with E-state index in [4.69, 9.17) is 0 Å². The van der Waals surface area contributed by atoms with Crippen molar-refractivity contribution in [2.24, 2.45) is 0 Å². The molecular weight excluding hydrogens is 245 g/mol. The lowest BCUT2D eigenvalue weighted by atomic mass is 10.1. The molecule has 6 heteroatoms. The van der Waals surface area contributed by atoms with Crippen LogP contribution in [0.25, 0.3) is 0 Å². The van der Waals surface area contributed by atoms with Crippen LogP contribution in [0.15, 0.2) is 0 Å². The quantitative estimate of drug-likeness (QED) is 0.685. The molecule has 0 fully saturated rings. The van der Waals surface area contributed by atoms with E-state index < -0.39 is 12.8 Å². The molecular formula is C12H25F3N2O. The number of ether oxygens (including phenoxy) is 1. The van der Waals surface area contributed by atoms with Crippen molar-refractivity contribution in [2.75, 3.05) is 39.9 Å². The summed E-state index contributed by atoms with van der Waals surface area (Å²) in [6.45, 7) is 7.76. The van der Waals surface area contributed by atoms with Crippen LogP contribution in [0.2, 0.25) is 0 Å². The van der Waals surface area contributed by atoms with E-state index in [0.717, 1.165) is 19.6 Å². The molecule has 0 rings (SSSR count). The highest BCUT2D eigenvalue weighted by molar-refractivity contribution is 4.70. The first-order valence-electron chi connectivity index (χ1n) is 6.18. The highest BCUT2D eigenvalue weighted by atomic mass is 19.4. The zero-order valence-electron chi connectivity index (χ0n) is 11.7. The molecule has 0 spiro atoms. The van der Waals surface area contributed by atoms with Gasteiger partial charge in [0.2, 0.25) is 0 Å². The zero-order valence-corrected chi connectivity index (χ0v) is 11.7. The Kier molecular flexibility index (Phi) is 7.82. The topological polar surface area (TPSA) is 24.5 Å². The van der Waals surface area contributed by atoms with Gasteiger partial charge < -0.3 is 15.0 Å². The summed E-state index contributed by atoms with van der Waals surface area (Å²) in [5.74, 6) is 0. The SMILES string of the molecule is CN(CCCOCC(F)(F)F)CCNC(C)(C)C. The maximum absolute atomic E-state index is 11.8. The molecule has 1 N–H and O–H groups in total. The number of rotatable bonds is 8. The minimum absolute atomic E-state index is 0.0939. The predicted octanol–water partition coefficient (Wildman–Crippen LogP) is 2.28. The van der Waals surface area contributed by atoms with E-state index in [2.05, 4.69) is 35.7 Å². The first kappa shape index (κ1) is 17.7. The van der Waals surface area contributed by atoms with Gasteiger partial charge in [0.25, 0.3) is 0 Å². The van der Waals surface area contributed by atoms with E-state index in [1.54, 1.807) is 0 Å². The molecule has 3 nitrogen and oxygen atoms in total. The van der Waals surface area contributed by atoms with Crippen LogP contribution >= 0.6 is 0 Å². The molecule has 0 amide bonds. The second-order valence-electron chi connectivity index (χ2n) is 5.50. The smallest absolute Gasteiger partial charge is 0.372 e. The maximum Gasteiger partial charge on any atom is 0.411 e. The summed E-state index contributed by atoms with van der Waals surface area (Å²) in [7, 11) is 1.95. The molecule has 0 saturated heterocycles. The third kappa shape index (κ3) is 13.7. The van der Waals surface area contributed by atoms with Crippen LogP contribution in [0.4, 0.5) is 13.2 Å². The average Bonchev–Trinajstić information content (AvgIpc) is 2.13. The summed E-state index contributed by atoms with van der Waals surface area (Å²) in [5, 5.41) is 3.35. The summed E-state index contributed by atoms with van der Waals surface area (Å²) in [5.41, 5.74) is 0.0939. The fourth-order valence-corrected chi connectivity index (χ4v) is 1.36. The predicted molar refractivity (Wildman–Crippen MR) is 66.7 cm³/mol. The van der Waals surface area contributed by atoms with Crippen molar-refractivity contribution in [3.8, 4) is 0 Å². The van der Waals surface area contributed by atoms with Crippen LogP contribution in [0.1, 0.15) is 27.2 Å². The Morgan fingerprint density at radius 3 is 2.22 bits per heavy atom. The number of halogens is 3. The Labute approximate surface area is 108 Å². The van der Waals surface area contributed by atoms with Gasteiger partial charge in [-0.3, -0.25) is 0 Å². The monoisotopic (exact) mass is 270 g/mol. The molecule has 0 saturated carbocycles. The van der Waals surface area contributed by atoms with Gasteiger partial charge in [0.05, 0.1) is 0 Å². The van der Waals surface area contributed by atoms with Crippen LogP contribution in [0.5, 0.6) is 0 Å². The molecule has 18 heavy (non-hydrogen) atoms. The van der Waals surface area contributed by atoms with E-state index in [0.29, 0.717) is 6.42 Å². The Bertz CT molecular complexity index is 214. The van der Waals surface area contributed by atoms with E-state index in [1.165, 1.54) is 0 Å². The standard InChI is InChI=1S/C12H25F3N2O/c1-11(2,3)16-6-8-17(4)7-5-9-18-10-12(13,14)15/h16H,5-10H2,1-4H3. The lowest BCUT2D eigenvalue weighted by molar-refractivity contribution is -0.174. The highest BCUT2D eigenvalue weighted by Crippen LogP contribution is 2.14. The molecule has 0 aliphatic carbocycles. The van der Waals surface area contributed by atoms with Crippen LogP contribution in [0.3, 0.4) is 0 Å². The van der Waals surface area contributed by atoms with Gasteiger partial charge in [0.1, 0.15) is 6.61 Å². The lowest BCUT2D eigenvalue weighted by Crippen LogP contribution is -2.40. The molecule has 0 unspecified atom stereocenters. The molecule has 110 valence electrons. The Morgan fingerprint density at radius 2 is 1.72 bits per heavy atom. The summed E-state index contributed by atoms with van der Waals surface area (Å²) in [6, 6.07) is 0. The van der Waals surface area contributed by atoms with E-state index in [-0.39, 0.29) is 12.1 Å². The highest BCUT2D eigenvalue weighted by Gasteiger charge is 2.27. The first-order valence-corrected chi connectivity index (χ1v) is 6.18. The normalized spacial score (nSPS) is 13.3. The van der Waals surface area contributed by atoms with Crippen molar-refractivity contribution in [1.82, 2.24) is 10.2 Å². The molecule has 0 aromatic rings. The summed E-state index contributed by atoms with van der Waals surface area (Å²) in [6.07, 6.45) is -3.61. The van der Waals surface area contributed by atoms with Gasteiger partial charge in [-0.25, -0.2) is 0 Å². The molecule has 0 aliphatic heterocycles. The number of hydrogen-bond donors (Lipinski definition) is 1. The van der Waals surface area contributed by atoms with Crippen molar-refractivity contribution in [3.05, 3.63) is 0 Å². The third-order valence-electron chi connectivity index (χ3n) is 2.24. The van der Waals surface area contributed by atoms with E-state index >= 15 is 0 Å². The van der Waals surface area contributed by atoms with Crippen molar-refractivity contribution >= 4 is 0 Å². The van der Waals surface area contributed by atoms with Gasteiger partial charge >= 0.3 is 6.18 Å². The van der Waals surface area contributed by atoms with Gasteiger partial charge in [0.15, 0.2) is 0 Å². The lowest BCUT2D eigenvalue weighted by Gasteiger charge is -2.23. The van der Waals surface area contributed by atoms with Gasteiger partial charge in [-0.1, -0.05) is 0 Å². The first-order chi connectivity index (χ1) is 8.10. The molecule has 0 atom stereocenters. The third-order valence-corrected chi connectivity index (χ3v) is 2.24. The summed E-state index contributed by atoms with van der Waals surface area (Å²) in [4.78, 5) is 2.08. The van der Waals surface area contributed by atoms with Crippen molar-refractivity contribution < 1.29 is 17.9 Å². The largest absolute Gasteiger partial charge is 0.411 e. The van der Waals surface area contributed by atoms with Crippen LogP contribution in [0, 0.1) is 0 Å². The molecule has 0 aliphatic rings. The molecule has 0 aromatic heterocycles. The number of likely N-dealkylation sites (N-methyl/N-ethyl adjacent to an activating group) is 1. The van der Waals surface area contributed by atoms with Gasteiger partial charge in [0, 0.05) is 31.8 Å². The fourth-order valence-electron chi connectivity index (χ4n) is 1.36. The Hall–Kier alpha value is -0.330. The van der Waals surface area contributed by atoms with Crippen molar-refractivity contribution in [3.63, 3.8) is 0 Å². The number of alkyl halides is 3. The van der Waals surface area contributed by atoms with E-state index in [1.807, 2.05) is 7.05 Å². The second kappa shape index (κ2) is 7.96. The molecule has 0 heterocycles. The van der Waals surface area contributed by atoms with Gasteiger partial charge in [-0.15, -0.1) is 0 Å². The average molecular weight is 270 g/mol. The summed E-state index contributed by atoms with van der Waals surface area (Å²) < 4.78 is 39.9. The Balaban J connectivity index is 3.40. The van der Waals surface area contributed by atoms with Crippen molar-refractivity contribution in [2.45, 2.75) is 38.9 Å². The van der Waals surface area contributed by atoms with Crippen molar-refractivity contribution in [1.29, 1.82) is 0 Å². The number of nitrogens with zero attached hydrogens (tertiary/aromatic N) is 1. The van der Waals surface area contributed by atoms with Crippen LogP contribution < -0.4 is 5.32 Å². The number of hydrogen-bond acceptors (Lipinski definition) is 3. The second-order valence-corrected chi connectivity index (χ2v) is 5.50. The van der Waals surface area contributed by atoms with Gasteiger partial charge in [-0.05, 0) is 34.2 Å². The minimum Gasteiger partial charge on any atom is -0.372 e. The zero-order chi connectivity index (χ0) is 14.2. The van der Waals surface area contributed by atoms with E-state index in [9.17, 15) is 13.2 Å². The minimum atomic E-state index is -4.22.